The number of para-hydroxylation sites is 1. The van der Waals surface area contributed by atoms with E-state index in [0.29, 0.717) is 27.3 Å². The fourth-order valence-corrected chi connectivity index (χ4v) is 5.19. The van der Waals surface area contributed by atoms with Crippen LogP contribution >= 0.6 is 24.0 Å². The van der Waals surface area contributed by atoms with E-state index in [9.17, 15) is 4.79 Å². The fraction of sp³-hybridized carbons (Fsp3) is 0.0769. The van der Waals surface area contributed by atoms with Crippen LogP contribution in [0.25, 0.3) is 23.0 Å². The maximum atomic E-state index is 13.3. The van der Waals surface area contributed by atoms with Gasteiger partial charge in [0.15, 0.2) is 11.5 Å². The third-order valence-corrected chi connectivity index (χ3v) is 7.03. The summed E-state index contributed by atoms with van der Waals surface area (Å²) in [6.07, 6.45) is 7.24. The molecule has 1 fully saturated rings. The molecule has 9 heteroatoms. The first-order valence-electron chi connectivity index (χ1n) is 10.8. The van der Waals surface area contributed by atoms with Gasteiger partial charge in [-0.15, -0.1) is 0 Å². The van der Waals surface area contributed by atoms with Gasteiger partial charge in [0, 0.05) is 29.7 Å². The number of nitrogens with zero attached hydrogens (tertiary/aromatic N) is 4. The average molecular weight is 499 g/mol. The lowest BCUT2D eigenvalue weighted by molar-refractivity contribution is -0.122. The minimum Gasteiger partial charge on any atom is -0.454 e. The van der Waals surface area contributed by atoms with E-state index in [1.165, 1.54) is 11.8 Å². The molecule has 7 nitrogen and oxygen atoms in total. The van der Waals surface area contributed by atoms with Crippen LogP contribution < -0.4 is 9.47 Å². The second-order valence-corrected chi connectivity index (χ2v) is 9.58. The molecule has 0 radical (unpaired) electrons. The van der Waals surface area contributed by atoms with Gasteiger partial charge in [0.05, 0.1) is 17.1 Å². The van der Waals surface area contributed by atoms with Crippen molar-refractivity contribution < 1.29 is 14.3 Å². The van der Waals surface area contributed by atoms with Crippen LogP contribution in [0.5, 0.6) is 11.5 Å². The first-order chi connectivity index (χ1) is 17.2. The molecular formula is C26H18N4O3S2. The van der Waals surface area contributed by atoms with Crippen molar-refractivity contribution in [2.75, 3.05) is 6.79 Å². The fourth-order valence-electron chi connectivity index (χ4n) is 3.94. The van der Waals surface area contributed by atoms with E-state index in [1.54, 1.807) is 17.3 Å². The van der Waals surface area contributed by atoms with Gasteiger partial charge < -0.3 is 9.47 Å². The molecule has 0 bridgehead atoms. The van der Waals surface area contributed by atoms with Crippen LogP contribution in [0.2, 0.25) is 0 Å². The van der Waals surface area contributed by atoms with Gasteiger partial charge in [-0.05, 0) is 48.0 Å². The smallest absolute Gasteiger partial charge is 0.266 e. The Morgan fingerprint density at radius 1 is 1.03 bits per heavy atom. The van der Waals surface area contributed by atoms with E-state index in [2.05, 4.69) is 4.98 Å². The Morgan fingerprint density at radius 2 is 1.83 bits per heavy atom. The summed E-state index contributed by atoms with van der Waals surface area (Å²) in [6.45, 7) is 0.568. The van der Waals surface area contributed by atoms with Crippen molar-refractivity contribution in [1.29, 1.82) is 0 Å². The summed E-state index contributed by atoms with van der Waals surface area (Å²) in [5.41, 5.74) is 4.34. The van der Waals surface area contributed by atoms with Crippen molar-refractivity contribution in [3.63, 3.8) is 0 Å². The number of ether oxygens (including phenoxy) is 2. The zero-order valence-electron chi connectivity index (χ0n) is 18.3. The Hall–Kier alpha value is -3.95. The molecule has 6 rings (SSSR count). The lowest BCUT2D eigenvalue weighted by atomic mass is 10.1. The molecule has 4 heterocycles. The number of carbonyl (C=O) groups is 1. The van der Waals surface area contributed by atoms with E-state index < -0.39 is 0 Å². The lowest BCUT2D eigenvalue weighted by Crippen LogP contribution is -2.27. The summed E-state index contributed by atoms with van der Waals surface area (Å²) >= 11 is 6.85. The maximum Gasteiger partial charge on any atom is 0.266 e. The SMILES string of the molecule is O=C1/C(=C/c2cn(-c3ccccc3)nc2-c2ccncc2)SC(=S)N1Cc1ccc2c(c1)OCO2. The van der Waals surface area contributed by atoms with Crippen LogP contribution in [0.3, 0.4) is 0 Å². The number of hydrogen-bond donors (Lipinski definition) is 0. The molecule has 0 aliphatic carbocycles. The van der Waals surface area contributed by atoms with Crippen molar-refractivity contribution >= 4 is 40.3 Å². The number of rotatable bonds is 5. The number of aromatic nitrogens is 3. The number of hydrogen-bond acceptors (Lipinski definition) is 7. The van der Waals surface area contributed by atoms with Crippen molar-refractivity contribution in [3.8, 4) is 28.4 Å². The second-order valence-electron chi connectivity index (χ2n) is 7.90. The molecule has 0 atom stereocenters. The molecule has 35 heavy (non-hydrogen) atoms. The van der Waals surface area contributed by atoms with Crippen LogP contribution in [-0.2, 0) is 11.3 Å². The third kappa shape index (κ3) is 4.20. The van der Waals surface area contributed by atoms with Gasteiger partial charge in [-0.2, -0.15) is 5.10 Å². The Bertz CT molecular complexity index is 1470. The number of amides is 1. The van der Waals surface area contributed by atoms with Gasteiger partial charge in [-0.25, -0.2) is 4.68 Å². The van der Waals surface area contributed by atoms with Crippen molar-refractivity contribution in [1.82, 2.24) is 19.7 Å². The van der Waals surface area contributed by atoms with Crippen LogP contribution in [0.1, 0.15) is 11.1 Å². The Morgan fingerprint density at radius 3 is 2.66 bits per heavy atom. The van der Waals surface area contributed by atoms with E-state index in [1.807, 2.05) is 77.6 Å². The Balaban J connectivity index is 1.33. The maximum absolute atomic E-state index is 13.3. The highest BCUT2D eigenvalue weighted by Crippen LogP contribution is 2.37. The normalized spacial score (nSPS) is 15.9. The summed E-state index contributed by atoms with van der Waals surface area (Å²) in [4.78, 5) is 19.6. The highest BCUT2D eigenvalue weighted by Gasteiger charge is 2.33. The number of fused-ring (bicyclic) bond motifs is 1. The van der Waals surface area contributed by atoms with Crippen molar-refractivity contribution in [2.45, 2.75) is 6.54 Å². The summed E-state index contributed by atoms with van der Waals surface area (Å²) < 4.78 is 13.2. The first kappa shape index (κ1) is 21.6. The highest BCUT2D eigenvalue weighted by molar-refractivity contribution is 8.26. The van der Waals surface area contributed by atoms with Crippen molar-refractivity contribution in [3.05, 3.63) is 95.3 Å². The van der Waals surface area contributed by atoms with E-state index in [4.69, 9.17) is 26.8 Å². The molecule has 2 aliphatic rings. The van der Waals surface area contributed by atoms with Gasteiger partial charge in [0.2, 0.25) is 6.79 Å². The average Bonchev–Trinajstić information content (AvgIpc) is 3.60. The number of thiocarbonyl (C=S) groups is 1. The molecule has 172 valence electrons. The minimum atomic E-state index is -0.134. The molecule has 0 spiro atoms. The highest BCUT2D eigenvalue weighted by atomic mass is 32.2. The lowest BCUT2D eigenvalue weighted by Gasteiger charge is -2.14. The van der Waals surface area contributed by atoms with Crippen LogP contribution in [0.4, 0.5) is 0 Å². The molecular weight excluding hydrogens is 480 g/mol. The molecule has 0 saturated carbocycles. The second kappa shape index (κ2) is 9.01. The molecule has 2 aliphatic heterocycles. The summed E-state index contributed by atoms with van der Waals surface area (Å²) in [5, 5.41) is 4.81. The van der Waals surface area contributed by atoms with E-state index in [0.717, 1.165) is 28.1 Å². The first-order valence-corrected chi connectivity index (χ1v) is 12.1. The summed E-state index contributed by atoms with van der Waals surface area (Å²) in [6, 6.07) is 19.3. The van der Waals surface area contributed by atoms with Crippen molar-refractivity contribution in [2.24, 2.45) is 0 Å². The molecule has 4 aromatic rings. The molecule has 2 aromatic carbocycles. The summed E-state index contributed by atoms with van der Waals surface area (Å²) in [5.74, 6) is 1.25. The summed E-state index contributed by atoms with van der Waals surface area (Å²) in [7, 11) is 0. The van der Waals surface area contributed by atoms with Crippen LogP contribution in [0, 0.1) is 0 Å². The number of benzene rings is 2. The predicted molar refractivity (Wildman–Crippen MR) is 138 cm³/mol. The zero-order valence-corrected chi connectivity index (χ0v) is 20.0. The number of pyridine rings is 1. The van der Waals surface area contributed by atoms with E-state index >= 15 is 0 Å². The Labute approximate surface area is 211 Å². The van der Waals surface area contributed by atoms with Gasteiger partial charge in [-0.3, -0.25) is 14.7 Å². The number of thioether (sulfide) groups is 1. The molecule has 1 saturated heterocycles. The number of carbonyl (C=O) groups excluding carboxylic acids is 1. The van der Waals surface area contributed by atoms with Gasteiger partial charge in [0.25, 0.3) is 5.91 Å². The standard InChI is InChI=1S/C26H18N4O3S2/c31-25-23(35-26(34)29(25)14-17-6-7-21-22(12-17)33-16-32-21)13-19-15-30(20-4-2-1-3-5-20)28-24(19)18-8-10-27-11-9-18/h1-13,15H,14,16H2/b23-13-. The molecule has 2 aromatic heterocycles. The zero-order chi connectivity index (χ0) is 23.8. The molecule has 0 unspecified atom stereocenters. The minimum absolute atomic E-state index is 0.134. The van der Waals surface area contributed by atoms with Crippen LogP contribution in [0.15, 0.2) is 84.2 Å². The Kier molecular flexibility index (Phi) is 5.55. The molecule has 1 amide bonds. The quantitative estimate of drug-likeness (QED) is 0.281. The molecule has 0 N–H and O–H groups in total. The monoisotopic (exact) mass is 498 g/mol. The van der Waals surface area contributed by atoms with E-state index in [-0.39, 0.29) is 12.7 Å². The van der Waals surface area contributed by atoms with Gasteiger partial charge >= 0.3 is 0 Å². The van der Waals surface area contributed by atoms with Gasteiger partial charge in [0.1, 0.15) is 10.0 Å². The van der Waals surface area contributed by atoms with Crippen LogP contribution in [-0.4, -0.2) is 36.7 Å². The topological polar surface area (TPSA) is 69.5 Å². The largest absolute Gasteiger partial charge is 0.454 e. The van der Waals surface area contributed by atoms with Gasteiger partial charge in [-0.1, -0.05) is 48.2 Å². The predicted octanol–water partition coefficient (Wildman–Crippen LogP) is 5.06. The third-order valence-electron chi connectivity index (χ3n) is 5.65.